The van der Waals surface area contributed by atoms with Crippen molar-refractivity contribution in [1.82, 2.24) is 15.4 Å². The second-order valence-electron chi connectivity index (χ2n) is 3.80. The highest BCUT2D eigenvalue weighted by molar-refractivity contribution is 6.02. The van der Waals surface area contributed by atoms with E-state index in [1.54, 1.807) is 0 Å². The van der Waals surface area contributed by atoms with E-state index >= 15 is 0 Å². The summed E-state index contributed by atoms with van der Waals surface area (Å²) in [4.78, 5) is 11.7. The molecule has 1 amide bonds. The summed E-state index contributed by atoms with van der Waals surface area (Å²) < 4.78 is 0. The molecule has 0 spiro atoms. The van der Waals surface area contributed by atoms with E-state index < -0.39 is 0 Å². The van der Waals surface area contributed by atoms with Gasteiger partial charge in [-0.15, -0.1) is 0 Å². The molecule has 1 aromatic carbocycles. The topological polar surface area (TPSA) is 70.7 Å². The molecule has 1 heterocycles. The highest BCUT2D eigenvalue weighted by Gasteiger charge is 2.09. The van der Waals surface area contributed by atoms with Gasteiger partial charge in [-0.25, -0.2) is 0 Å². The van der Waals surface area contributed by atoms with Crippen molar-refractivity contribution in [2.24, 2.45) is 0 Å². The van der Waals surface area contributed by atoms with Gasteiger partial charge in [-0.2, -0.15) is 15.4 Å². The second kappa shape index (κ2) is 4.78. The lowest BCUT2D eigenvalue weighted by molar-refractivity contribution is 0.102. The lowest BCUT2D eigenvalue weighted by atomic mass is 10.1. The molecule has 0 saturated carbocycles. The van der Waals surface area contributed by atoms with Crippen LogP contribution >= 0.6 is 0 Å². The van der Waals surface area contributed by atoms with Crippen molar-refractivity contribution in [1.29, 1.82) is 0 Å². The largest absolute Gasteiger partial charge is 0.321 e. The first kappa shape index (κ1) is 11.3. The minimum Gasteiger partial charge on any atom is -0.321 e. The summed E-state index contributed by atoms with van der Waals surface area (Å²) in [5.74, 6) is -0.260. The maximum Gasteiger partial charge on any atom is 0.277 e. The molecule has 5 nitrogen and oxygen atoms in total. The Kier molecular flexibility index (Phi) is 3.18. The zero-order valence-electron chi connectivity index (χ0n) is 9.82. The predicted octanol–water partition coefficient (Wildman–Crippen LogP) is 1.93. The predicted molar refractivity (Wildman–Crippen MR) is 64.9 cm³/mol. The van der Waals surface area contributed by atoms with Gasteiger partial charge >= 0.3 is 0 Å². The van der Waals surface area contributed by atoms with Crippen LogP contribution in [-0.4, -0.2) is 21.3 Å². The zero-order chi connectivity index (χ0) is 12.3. The Morgan fingerprint density at radius 3 is 2.94 bits per heavy atom. The first-order chi connectivity index (χ1) is 8.20. The molecule has 2 N–H and O–H groups in total. The number of benzene rings is 1. The van der Waals surface area contributed by atoms with Gasteiger partial charge in [-0.1, -0.05) is 13.0 Å². The molecule has 0 aliphatic rings. The van der Waals surface area contributed by atoms with Crippen LogP contribution < -0.4 is 5.32 Å². The molecule has 2 rings (SSSR count). The maximum absolute atomic E-state index is 11.7. The minimum absolute atomic E-state index is 0.260. The van der Waals surface area contributed by atoms with E-state index in [1.165, 1.54) is 17.3 Å². The molecule has 0 radical (unpaired) electrons. The van der Waals surface area contributed by atoms with Gasteiger partial charge < -0.3 is 5.32 Å². The first-order valence-electron chi connectivity index (χ1n) is 5.47. The Morgan fingerprint density at radius 2 is 2.29 bits per heavy atom. The summed E-state index contributed by atoms with van der Waals surface area (Å²) in [7, 11) is 0. The Hall–Kier alpha value is -2.17. The van der Waals surface area contributed by atoms with Crippen molar-refractivity contribution >= 4 is 11.6 Å². The number of H-pyrrole nitrogens is 1. The smallest absolute Gasteiger partial charge is 0.277 e. The van der Waals surface area contributed by atoms with Gasteiger partial charge in [0.25, 0.3) is 5.91 Å². The van der Waals surface area contributed by atoms with Gasteiger partial charge in [-0.05, 0) is 36.6 Å². The number of rotatable bonds is 3. The molecule has 0 aliphatic heterocycles. The van der Waals surface area contributed by atoms with Gasteiger partial charge in [0.2, 0.25) is 0 Å². The van der Waals surface area contributed by atoms with Gasteiger partial charge in [0, 0.05) is 5.69 Å². The number of hydrogen-bond donors (Lipinski definition) is 2. The van der Waals surface area contributed by atoms with Crippen LogP contribution in [0.3, 0.4) is 0 Å². The van der Waals surface area contributed by atoms with Gasteiger partial charge in [0.15, 0.2) is 5.69 Å². The summed E-state index contributed by atoms with van der Waals surface area (Å²) >= 11 is 0. The van der Waals surface area contributed by atoms with Crippen molar-refractivity contribution in [2.75, 3.05) is 5.32 Å². The molecule has 88 valence electrons. The molecular formula is C12H14N4O. The fourth-order valence-electron chi connectivity index (χ4n) is 1.64. The average Bonchev–Trinajstić information content (AvgIpc) is 2.85. The van der Waals surface area contributed by atoms with Crippen LogP contribution in [0.15, 0.2) is 24.4 Å². The third-order valence-electron chi connectivity index (χ3n) is 2.64. The van der Waals surface area contributed by atoms with Crippen molar-refractivity contribution in [3.05, 3.63) is 41.2 Å². The Bertz CT molecular complexity index is 519. The Labute approximate surface area is 99.2 Å². The van der Waals surface area contributed by atoms with Gasteiger partial charge in [0.1, 0.15) is 0 Å². The normalized spacial score (nSPS) is 10.2. The number of aromatic amines is 1. The van der Waals surface area contributed by atoms with Crippen molar-refractivity contribution < 1.29 is 4.79 Å². The first-order valence-corrected chi connectivity index (χ1v) is 5.47. The maximum atomic E-state index is 11.7. The fraction of sp³-hybridized carbons (Fsp3) is 0.250. The molecule has 0 unspecified atom stereocenters. The number of hydrogen-bond acceptors (Lipinski definition) is 3. The number of aryl methyl sites for hydroxylation is 2. The third-order valence-corrected chi connectivity index (χ3v) is 2.64. The standard InChI is InChI=1S/C12H14N4O/c1-3-9-6-10(5-4-8(9)2)14-12(17)11-7-13-16-15-11/h4-7H,3H2,1-2H3,(H,14,17)(H,13,15,16). The summed E-state index contributed by atoms with van der Waals surface area (Å²) in [5, 5.41) is 12.5. The molecule has 1 aromatic heterocycles. The summed E-state index contributed by atoms with van der Waals surface area (Å²) in [6.07, 6.45) is 2.34. The molecule has 0 bridgehead atoms. The van der Waals surface area contributed by atoms with Gasteiger partial charge in [0.05, 0.1) is 6.20 Å². The highest BCUT2D eigenvalue weighted by atomic mass is 16.2. The van der Waals surface area contributed by atoms with Crippen molar-refractivity contribution in [2.45, 2.75) is 20.3 Å². The number of aromatic nitrogens is 3. The average molecular weight is 230 g/mol. The van der Waals surface area contributed by atoms with Crippen LogP contribution in [0.2, 0.25) is 0 Å². The molecule has 0 aliphatic carbocycles. The van der Waals surface area contributed by atoms with Crippen LogP contribution in [0, 0.1) is 6.92 Å². The van der Waals surface area contributed by atoms with E-state index in [-0.39, 0.29) is 11.6 Å². The van der Waals surface area contributed by atoms with Crippen molar-refractivity contribution in [3.63, 3.8) is 0 Å². The summed E-state index contributed by atoms with van der Waals surface area (Å²) in [6.45, 7) is 4.15. The van der Waals surface area contributed by atoms with Crippen LogP contribution in [0.25, 0.3) is 0 Å². The van der Waals surface area contributed by atoms with E-state index in [0.717, 1.165) is 12.1 Å². The van der Waals surface area contributed by atoms with Gasteiger partial charge in [-0.3, -0.25) is 4.79 Å². The van der Waals surface area contributed by atoms with E-state index in [1.807, 2.05) is 18.2 Å². The van der Waals surface area contributed by atoms with Crippen LogP contribution in [0.4, 0.5) is 5.69 Å². The Balaban J connectivity index is 2.16. The third kappa shape index (κ3) is 2.50. The monoisotopic (exact) mass is 230 g/mol. The SMILES string of the molecule is CCc1cc(NC(=O)c2cn[nH]n2)ccc1C. The lowest BCUT2D eigenvalue weighted by Gasteiger charge is -2.07. The lowest BCUT2D eigenvalue weighted by Crippen LogP contribution is -2.12. The van der Waals surface area contributed by atoms with E-state index in [4.69, 9.17) is 0 Å². The van der Waals surface area contributed by atoms with E-state index in [0.29, 0.717) is 0 Å². The van der Waals surface area contributed by atoms with Crippen molar-refractivity contribution in [3.8, 4) is 0 Å². The molecule has 2 aromatic rings. The number of nitrogens with zero attached hydrogens (tertiary/aromatic N) is 2. The second-order valence-corrected chi connectivity index (χ2v) is 3.80. The molecular weight excluding hydrogens is 216 g/mol. The molecule has 0 atom stereocenters. The zero-order valence-corrected chi connectivity index (χ0v) is 9.82. The molecule has 0 saturated heterocycles. The van der Waals surface area contributed by atoms with Crippen LogP contribution in [0.5, 0.6) is 0 Å². The van der Waals surface area contributed by atoms with Crippen LogP contribution in [0.1, 0.15) is 28.5 Å². The number of carbonyl (C=O) groups excluding carboxylic acids is 1. The molecule has 0 fully saturated rings. The molecule has 17 heavy (non-hydrogen) atoms. The minimum atomic E-state index is -0.260. The molecule has 5 heteroatoms. The summed E-state index contributed by atoms with van der Waals surface area (Å²) in [5.41, 5.74) is 3.51. The highest BCUT2D eigenvalue weighted by Crippen LogP contribution is 2.16. The number of anilines is 1. The fourth-order valence-corrected chi connectivity index (χ4v) is 1.64. The number of carbonyl (C=O) groups is 1. The number of amides is 1. The Morgan fingerprint density at radius 1 is 1.47 bits per heavy atom. The summed E-state index contributed by atoms with van der Waals surface area (Å²) in [6, 6.07) is 5.86. The number of nitrogens with one attached hydrogen (secondary N) is 2. The van der Waals surface area contributed by atoms with Crippen LogP contribution in [-0.2, 0) is 6.42 Å². The quantitative estimate of drug-likeness (QED) is 0.846. The van der Waals surface area contributed by atoms with E-state index in [2.05, 4.69) is 34.6 Å². The van der Waals surface area contributed by atoms with E-state index in [9.17, 15) is 4.79 Å².